The molecule has 1 N–H and O–H groups in total. The number of amides is 1. The number of benzene rings is 2. The van der Waals surface area contributed by atoms with E-state index >= 15 is 0 Å². The molecule has 2 rings (SSSR count). The standard InChI is InChI=1S/C15H13Cl2NO2/c1-20-11-5-2-4-10(8-11)9-18-15(19)12-6-3-7-13(16)14(12)17/h2-8H,9H2,1H3,(H,18,19). The van der Waals surface area contributed by atoms with E-state index in [1.807, 2.05) is 24.3 Å². The highest BCUT2D eigenvalue weighted by Crippen LogP contribution is 2.25. The summed E-state index contributed by atoms with van der Waals surface area (Å²) >= 11 is 11.9. The van der Waals surface area contributed by atoms with E-state index in [4.69, 9.17) is 27.9 Å². The van der Waals surface area contributed by atoms with Crippen molar-refractivity contribution in [1.82, 2.24) is 5.32 Å². The second-order valence-corrected chi connectivity index (χ2v) is 4.92. The summed E-state index contributed by atoms with van der Waals surface area (Å²) in [7, 11) is 1.60. The van der Waals surface area contributed by atoms with Crippen molar-refractivity contribution in [1.29, 1.82) is 0 Å². The largest absolute Gasteiger partial charge is 0.497 e. The number of methoxy groups -OCH3 is 1. The third-order valence-corrected chi connectivity index (χ3v) is 3.60. The summed E-state index contributed by atoms with van der Waals surface area (Å²) in [5, 5.41) is 3.42. The Hall–Kier alpha value is -1.71. The molecule has 0 unspecified atom stereocenters. The highest BCUT2D eigenvalue weighted by molar-refractivity contribution is 6.43. The van der Waals surface area contributed by atoms with Crippen molar-refractivity contribution in [2.45, 2.75) is 6.54 Å². The molecule has 0 saturated carbocycles. The van der Waals surface area contributed by atoms with Crippen LogP contribution in [-0.4, -0.2) is 13.0 Å². The average Bonchev–Trinajstić information content (AvgIpc) is 2.48. The molecule has 0 atom stereocenters. The minimum Gasteiger partial charge on any atom is -0.497 e. The molecule has 5 heteroatoms. The van der Waals surface area contributed by atoms with E-state index < -0.39 is 0 Å². The second kappa shape index (κ2) is 6.64. The first kappa shape index (κ1) is 14.7. The molecule has 2 aromatic carbocycles. The zero-order valence-electron chi connectivity index (χ0n) is 10.8. The Balaban J connectivity index is 2.06. The summed E-state index contributed by atoms with van der Waals surface area (Å²) in [4.78, 5) is 12.1. The lowest BCUT2D eigenvalue weighted by Gasteiger charge is -2.08. The molecule has 0 aliphatic heterocycles. The zero-order valence-corrected chi connectivity index (χ0v) is 12.3. The summed E-state index contributed by atoms with van der Waals surface area (Å²) in [6.07, 6.45) is 0. The first-order valence-electron chi connectivity index (χ1n) is 5.97. The lowest BCUT2D eigenvalue weighted by molar-refractivity contribution is 0.0951. The molecule has 0 saturated heterocycles. The number of hydrogen-bond donors (Lipinski definition) is 1. The van der Waals surface area contributed by atoms with Crippen LogP contribution in [0.2, 0.25) is 10.0 Å². The van der Waals surface area contributed by atoms with Gasteiger partial charge in [-0.2, -0.15) is 0 Å². The Kier molecular flexibility index (Phi) is 4.88. The molecule has 3 nitrogen and oxygen atoms in total. The van der Waals surface area contributed by atoms with Gasteiger partial charge in [0, 0.05) is 6.54 Å². The third-order valence-electron chi connectivity index (χ3n) is 2.78. The number of hydrogen-bond acceptors (Lipinski definition) is 2. The van der Waals surface area contributed by atoms with Gasteiger partial charge >= 0.3 is 0 Å². The van der Waals surface area contributed by atoms with Crippen LogP contribution in [0, 0.1) is 0 Å². The van der Waals surface area contributed by atoms with Gasteiger partial charge in [-0.15, -0.1) is 0 Å². The van der Waals surface area contributed by atoms with Crippen molar-refractivity contribution in [2.24, 2.45) is 0 Å². The van der Waals surface area contributed by atoms with Crippen LogP contribution in [-0.2, 0) is 6.54 Å². The predicted molar refractivity (Wildman–Crippen MR) is 80.6 cm³/mol. The number of carbonyl (C=O) groups is 1. The predicted octanol–water partition coefficient (Wildman–Crippen LogP) is 3.93. The quantitative estimate of drug-likeness (QED) is 0.929. The number of nitrogens with one attached hydrogen (secondary N) is 1. The molecule has 0 aromatic heterocycles. The lowest BCUT2D eigenvalue weighted by Crippen LogP contribution is -2.23. The first-order valence-corrected chi connectivity index (χ1v) is 6.72. The molecule has 0 bridgehead atoms. The fourth-order valence-corrected chi connectivity index (χ4v) is 2.13. The van der Waals surface area contributed by atoms with Crippen molar-refractivity contribution in [3.63, 3.8) is 0 Å². The van der Waals surface area contributed by atoms with Gasteiger partial charge in [0.1, 0.15) is 5.75 Å². The topological polar surface area (TPSA) is 38.3 Å². The average molecular weight is 310 g/mol. The van der Waals surface area contributed by atoms with E-state index in [0.717, 1.165) is 11.3 Å². The van der Waals surface area contributed by atoms with Gasteiger partial charge in [-0.25, -0.2) is 0 Å². The Morgan fingerprint density at radius 3 is 2.70 bits per heavy atom. The fraction of sp³-hybridized carbons (Fsp3) is 0.133. The fourth-order valence-electron chi connectivity index (χ4n) is 1.74. The number of halogens is 2. The van der Waals surface area contributed by atoms with Gasteiger partial charge in [0.25, 0.3) is 5.91 Å². The van der Waals surface area contributed by atoms with Crippen LogP contribution in [0.25, 0.3) is 0 Å². The molecule has 0 heterocycles. The SMILES string of the molecule is COc1cccc(CNC(=O)c2cccc(Cl)c2Cl)c1. The Labute approximate surface area is 127 Å². The highest BCUT2D eigenvalue weighted by Gasteiger charge is 2.12. The number of carbonyl (C=O) groups excluding carboxylic acids is 1. The molecule has 0 radical (unpaired) electrons. The van der Waals surface area contributed by atoms with Gasteiger partial charge in [-0.05, 0) is 29.8 Å². The molecule has 0 fully saturated rings. The van der Waals surface area contributed by atoms with Gasteiger partial charge in [0.05, 0.1) is 22.7 Å². The minimum absolute atomic E-state index is 0.261. The van der Waals surface area contributed by atoms with Crippen molar-refractivity contribution >= 4 is 29.1 Å². The van der Waals surface area contributed by atoms with Crippen LogP contribution in [0.3, 0.4) is 0 Å². The first-order chi connectivity index (χ1) is 9.61. The van der Waals surface area contributed by atoms with E-state index in [2.05, 4.69) is 5.32 Å². The Morgan fingerprint density at radius 2 is 1.95 bits per heavy atom. The van der Waals surface area contributed by atoms with Gasteiger partial charge in [0.15, 0.2) is 0 Å². The monoisotopic (exact) mass is 309 g/mol. The van der Waals surface area contributed by atoms with Crippen molar-refractivity contribution in [3.8, 4) is 5.75 Å². The van der Waals surface area contributed by atoms with Gasteiger partial charge < -0.3 is 10.1 Å². The summed E-state index contributed by atoms with van der Waals surface area (Å²) in [5.41, 5.74) is 1.30. The molecule has 1 amide bonds. The second-order valence-electron chi connectivity index (χ2n) is 4.14. The molecule has 20 heavy (non-hydrogen) atoms. The van der Waals surface area contributed by atoms with E-state index in [1.54, 1.807) is 25.3 Å². The van der Waals surface area contributed by atoms with E-state index in [9.17, 15) is 4.79 Å². The smallest absolute Gasteiger partial charge is 0.253 e. The zero-order chi connectivity index (χ0) is 14.5. The van der Waals surface area contributed by atoms with Gasteiger partial charge in [-0.1, -0.05) is 41.4 Å². The van der Waals surface area contributed by atoms with E-state index in [1.165, 1.54) is 0 Å². The maximum absolute atomic E-state index is 12.1. The van der Waals surface area contributed by atoms with Crippen LogP contribution < -0.4 is 10.1 Å². The van der Waals surface area contributed by atoms with Crippen LogP contribution in [0.15, 0.2) is 42.5 Å². The van der Waals surface area contributed by atoms with Crippen LogP contribution in [0.4, 0.5) is 0 Å². The summed E-state index contributed by atoms with van der Waals surface area (Å²) in [5.74, 6) is 0.484. The van der Waals surface area contributed by atoms with Crippen LogP contribution in [0.5, 0.6) is 5.75 Å². The maximum Gasteiger partial charge on any atom is 0.253 e. The molecule has 0 aliphatic rings. The molecular formula is C15H13Cl2NO2. The lowest BCUT2D eigenvalue weighted by atomic mass is 10.2. The van der Waals surface area contributed by atoms with Gasteiger partial charge in [-0.3, -0.25) is 4.79 Å². The normalized spacial score (nSPS) is 10.2. The summed E-state index contributed by atoms with van der Waals surface area (Å²) < 4.78 is 5.13. The van der Waals surface area contributed by atoms with E-state index in [-0.39, 0.29) is 10.9 Å². The van der Waals surface area contributed by atoms with Crippen molar-refractivity contribution in [2.75, 3.05) is 7.11 Å². The molecule has 0 spiro atoms. The number of rotatable bonds is 4. The van der Waals surface area contributed by atoms with Gasteiger partial charge in [0.2, 0.25) is 0 Å². The Morgan fingerprint density at radius 1 is 1.20 bits per heavy atom. The summed E-state index contributed by atoms with van der Waals surface area (Å²) in [6, 6.07) is 12.4. The van der Waals surface area contributed by atoms with Crippen molar-refractivity contribution < 1.29 is 9.53 Å². The summed E-state index contributed by atoms with van der Waals surface area (Å²) in [6.45, 7) is 0.388. The maximum atomic E-state index is 12.1. The molecule has 2 aromatic rings. The minimum atomic E-state index is -0.264. The number of ether oxygens (including phenoxy) is 1. The highest BCUT2D eigenvalue weighted by atomic mass is 35.5. The van der Waals surface area contributed by atoms with Crippen LogP contribution in [0.1, 0.15) is 15.9 Å². The molecular weight excluding hydrogens is 297 g/mol. The third kappa shape index (κ3) is 3.44. The molecule has 0 aliphatic carbocycles. The molecule has 104 valence electrons. The van der Waals surface area contributed by atoms with E-state index in [0.29, 0.717) is 17.1 Å². The van der Waals surface area contributed by atoms with Crippen LogP contribution >= 0.6 is 23.2 Å². The van der Waals surface area contributed by atoms with Crippen molar-refractivity contribution in [3.05, 3.63) is 63.6 Å². The Bertz CT molecular complexity index is 629.